The number of fused-ring (bicyclic) bond motifs is 1. The van der Waals surface area contributed by atoms with Gasteiger partial charge in [0.25, 0.3) is 0 Å². The van der Waals surface area contributed by atoms with Gasteiger partial charge in [-0.2, -0.15) is 0 Å². The molecular weight excluding hydrogens is 392 g/mol. The van der Waals surface area contributed by atoms with Gasteiger partial charge in [0.15, 0.2) is 0 Å². The van der Waals surface area contributed by atoms with E-state index in [-0.39, 0.29) is 31.5 Å². The summed E-state index contributed by atoms with van der Waals surface area (Å²) in [6.07, 6.45) is 4.61. The number of carbonyl (C=O) groups excluding carboxylic acids is 4. The minimum absolute atomic E-state index is 0.0242. The Morgan fingerprint density at radius 2 is 1.77 bits per heavy atom. The molecular formula is C21H32N2O7. The van der Waals surface area contributed by atoms with Crippen molar-refractivity contribution in [2.75, 3.05) is 26.9 Å². The second-order valence-corrected chi connectivity index (χ2v) is 7.90. The van der Waals surface area contributed by atoms with Crippen LogP contribution in [-0.2, 0) is 33.4 Å². The van der Waals surface area contributed by atoms with Crippen molar-refractivity contribution in [2.24, 2.45) is 11.8 Å². The van der Waals surface area contributed by atoms with Crippen LogP contribution in [0.25, 0.3) is 0 Å². The van der Waals surface area contributed by atoms with Crippen LogP contribution < -0.4 is 5.32 Å². The third-order valence-electron chi connectivity index (χ3n) is 5.49. The van der Waals surface area contributed by atoms with Crippen molar-refractivity contribution in [1.29, 1.82) is 0 Å². The highest BCUT2D eigenvalue weighted by Gasteiger charge is 2.35. The number of rotatable bonds is 1. The van der Waals surface area contributed by atoms with Gasteiger partial charge in [0, 0.05) is 26.0 Å². The Morgan fingerprint density at radius 3 is 2.47 bits per heavy atom. The summed E-state index contributed by atoms with van der Waals surface area (Å²) in [4.78, 5) is 51.1. The van der Waals surface area contributed by atoms with E-state index in [1.54, 1.807) is 17.9 Å². The number of nitrogens with zero attached hydrogens (tertiary/aromatic N) is 1. The fourth-order valence-corrected chi connectivity index (χ4v) is 3.45. The zero-order chi connectivity index (χ0) is 22.3. The second kappa shape index (κ2) is 11.1. The first-order valence-corrected chi connectivity index (χ1v) is 10.4. The minimum atomic E-state index is -0.846. The van der Waals surface area contributed by atoms with E-state index in [0.717, 1.165) is 6.42 Å². The molecule has 2 aliphatic rings. The molecule has 30 heavy (non-hydrogen) atoms. The molecule has 168 valence electrons. The normalized spacial score (nSPS) is 33.6. The van der Waals surface area contributed by atoms with Gasteiger partial charge in [0.1, 0.15) is 25.3 Å². The number of nitrogens with one attached hydrogen (secondary N) is 1. The zero-order valence-corrected chi connectivity index (χ0v) is 18.1. The molecule has 9 heteroatoms. The molecule has 0 bridgehead atoms. The molecule has 0 radical (unpaired) electrons. The van der Waals surface area contributed by atoms with Gasteiger partial charge in [-0.15, -0.1) is 0 Å². The van der Waals surface area contributed by atoms with E-state index in [1.807, 2.05) is 13.0 Å². The van der Waals surface area contributed by atoms with Crippen LogP contribution in [0, 0.1) is 11.8 Å². The summed E-state index contributed by atoms with van der Waals surface area (Å²) in [7, 11) is 1.52. The van der Waals surface area contributed by atoms with Crippen LogP contribution in [0.1, 0.15) is 40.0 Å². The minimum Gasteiger partial charge on any atom is -0.463 e. The predicted molar refractivity (Wildman–Crippen MR) is 107 cm³/mol. The molecule has 2 rings (SSSR count). The molecule has 0 aromatic rings. The van der Waals surface area contributed by atoms with Crippen LogP contribution in [0.15, 0.2) is 12.2 Å². The van der Waals surface area contributed by atoms with Gasteiger partial charge >= 0.3 is 11.9 Å². The van der Waals surface area contributed by atoms with Gasteiger partial charge < -0.3 is 24.4 Å². The van der Waals surface area contributed by atoms with Crippen molar-refractivity contribution in [3.8, 4) is 0 Å². The van der Waals surface area contributed by atoms with Crippen molar-refractivity contribution in [1.82, 2.24) is 10.2 Å². The first kappa shape index (κ1) is 23.9. The van der Waals surface area contributed by atoms with Crippen molar-refractivity contribution in [3.63, 3.8) is 0 Å². The number of hydrogen-bond donors (Lipinski definition) is 1. The molecule has 1 fully saturated rings. The average Bonchev–Trinajstić information content (AvgIpc) is 3.21. The van der Waals surface area contributed by atoms with E-state index < -0.39 is 42.0 Å². The van der Waals surface area contributed by atoms with Gasteiger partial charge in [-0.3, -0.25) is 9.59 Å². The Morgan fingerprint density at radius 1 is 1.07 bits per heavy atom. The van der Waals surface area contributed by atoms with Gasteiger partial charge in [0.2, 0.25) is 11.8 Å². The molecule has 1 N–H and O–H groups in total. The van der Waals surface area contributed by atoms with Crippen LogP contribution in [0.5, 0.6) is 0 Å². The largest absolute Gasteiger partial charge is 0.463 e. The Labute approximate surface area is 177 Å². The fourth-order valence-electron chi connectivity index (χ4n) is 3.45. The smallest absolute Gasteiger partial charge is 0.328 e. The summed E-state index contributed by atoms with van der Waals surface area (Å²) >= 11 is 0. The van der Waals surface area contributed by atoms with E-state index in [4.69, 9.17) is 14.2 Å². The first-order valence-electron chi connectivity index (χ1n) is 10.4. The molecule has 9 nitrogen and oxygen atoms in total. The lowest BCUT2D eigenvalue weighted by Crippen LogP contribution is -2.45. The highest BCUT2D eigenvalue weighted by atomic mass is 16.6. The summed E-state index contributed by atoms with van der Waals surface area (Å²) < 4.78 is 16.0. The molecule has 0 aliphatic carbocycles. The average molecular weight is 424 g/mol. The van der Waals surface area contributed by atoms with Gasteiger partial charge in [-0.25, -0.2) is 9.59 Å². The summed E-state index contributed by atoms with van der Waals surface area (Å²) in [6.45, 7) is 5.43. The van der Waals surface area contributed by atoms with Crippen molar-refractivity contribution in [3.05, 3.63) is 12.2 Å². The molecule has 5 atom stereocenters. The van der Waals surface area contributed by atoms with Crippen molar-refractivity contribution < 1.29 is 33.4 Å². The van der Waals surface area contributed by atoms with E-state index in [2.05, 4.69) is 5.32 Å². The van der Waals surface area contributed by atoms with E-state index in [9.17, 15) is 19.2 Å². The monoisotopic (exact) mass is 424 g/mol. The lowest BCUT2D eigenvalue weighted by molar-refractivity contribution is -0.156. The van der Waals surface area contributed by atoms with Crippen LogP contribution in [0.2, 0.25) is 0 Å². The molecule has 2 heterocycles. The van der Waals surface area contributed by atoms with E-state index in [1.165, 1.54) is 14.0 Å². The van der Waals surface area contributed by atoms with Gasteiger partial charge in [-0.05, 0) is 19.8 Å². The third kappa shape index (κ3) is 6.29. The number of carbonyl (C=O) groups is 4. The SMILES string of the molecule is CO[C@@H]1COC(=O)[C@H](C)NC(=O)[C@@H](C)COC(=O)[C@@H]2CCCN2C(=O)C/C=C/[C@H]1C. The number of hydrogen-bond acceptors (Lipinski definition) is 7. The maximum Gasteiger partial charge on any atom is 0.328 e. The van der Waals surface area contributed by atoms with Crippen LogP contribution in [0.4, 0.5) is 0 Å². The summed E-state index contributed by atoms with van der Waals surface area (Å²) in [5, 5.41) is 2.57. The number of cyclic esters (lactones) is 2. The number of esters is 2. The zero-order valence-electron chi connectivity index (χ0n) is 18.1. The number of methoxy groups -OCH3 is 1. The Hall–Kier alpha value is -2.42. The lowest BCUT2D eigenvalue weighted by Gasteiger charge is -2.24. The Bertz CT molecular complexity index is 678. The summed E-state index contributed by atoms with van der Waals surface area (Å²) in [5.41, 5.74) is 0. The molecule has 0 aromatic heterocycles. The molecule has 2 aliphatic heterocycles. The van der Waals surface area contributed by atoms with Crippen molar-refractivity contribution >= 4 is 23.8 Å². The quantitative estimate of drug-likeness (QED) is 0.490. The first-order chi connectivity index (χ1) is 14.2. The van der Waals surface area contributed by atoms with Crippen molar-refractivity contribution in [2.45, 2.75) is 58.2 Å². The number of amides is 2. The van der Waals surface area contributed by atoms with E-state index >= 15 is 0 Å². The maximum absolute atomic E-state index is 12.6. The van der Waals surface area contributed by atoms with Gasteiger partial charge in [-0.1, -0.05) is 26.0 Å². The maximum atomic E-state index is 12.6. The van der Waals surface area contributed by atoms with Gasteiger partial charge in [0.05, 0.1) is 12.0 Å². The molecule has 0 aromatic carbocycles. The Balaban J connectivity index is 2.17. The lowest BCUT2D eigenvalue weighted by atomic mass is 10.0. The second-order valence-electron chi connectivity index (χ2n) is 7.90. The molecule has 0 spiro atoms. The summed E-state index contributed by atoms with van der Waals surface area (Å²) in [6, 6.07) is -1.47. The number of ether oxygens (including phenoxy) is 3. The third-order valence-corrected chi connectivity index (χ3v) is 5.49. The fraction of sp³-hybridized carbons (Fsp3) is 0.714. The van der Waals surface area contributed by atoms with Crippen LogP contribution in [0.3, 0.4) is 0 Å². The highest BCUT2D eigenvalue weighted by molar-refractivity contribution is 5.87. The topological polar surface area (TPSA) is 111 Å². The van der Waals surface area contributed by atoms with Crippen LogP contribution in [-0.4, -0.2) is 73.7 Å². The van der Waals surface area contributed by atoms with Crippen LogP contribution >= 0.6 is 0 Å². The Kier molecular flexibility index (Phi) is 8.83. The molecule has 1 saturated heterocycles. The standard InChI is InChI=1S/C21H32N2O7/c1-13-7-5-9-18(24)23-10-6-8-16(23)21(27)29-11-14(2)19(25)22-15(3)20(26)30-12-17(13)28-4/h5,7,13-17H,6,8-12H2,1-4H3,(H,22,25)/b7-5+/t13-,14+,15+,16+,17-/m1/s1. The molecule has 0 saturated carbocycles. The molecule has 2 amide bonds. The highest BCUT2D eigenvalue weighted by Crippen LogP contribution is 2.20. The predicted octanol–water partition coefficient (Wildman–Crippen LogP) is 0.816. The van der Waals surface area contributed by atoms with E-state index in [0.29, 0.717) is 13.0 Å². The molecule has 0 unspecified atom stereocenters. The summed E-state index contributed by atoms with van der Waals surface area (Å²) in [5.74, 6) is -2.43.